The summed E-state index contributed by atoms with van der Waals surface area (Å²) in [5.41, 5.74) is 8.80. The lowest BCUT2D eigenvalue weighted by Crippen LogP contribution is -1.97. The lowest BCUT2D eigenvalue weighted by atomic mass is 10.1. The number of hydrogen-bond acceptors (Lipinski definition) is 3. The number of hydrogen-bond donors (Lipinski definition) is 1. The molecule has 0 atom stereocenters. The van der Waals surface area contributed by atoms with Gasteiger partial charge < -0.3 is 10.5 Å². The van der Waals surface area contributed by atoms with Crippen molar-refractivity contribution in [3.63, 3.8) is 0 Å². The van der Waals surface area contributed by atoms with Crippen LogP contribution in [-0.4, -0.2) is 12.8 Å². The Morgan fingerprint density at radius 2 is 1.65 bits per heavy atom. The summed E-state index contributed by atoms with van der Waals surface area (Å²) < 4.78 is 5.78. The van der Waals surface area contributed by atoms with Crippen molar-refractivity contribution in [2.75, 3.05) is 12.3 Å². The van der Waals surface area contributed by atoms with Crippen LogP contribution in [-0.2, 0) is 0 Å². The highest BCUT2D eigenvalue weighted by Crippen LogP contribution is 2.30. The summed E-state index contributed by atoms with van der Waals surface area (Å²) in [7, 11) is 0. The van der Waals surface area contributed by atoms with Crippen LogP contribution in [0.5, 0.6) is 5.75 Å². The van der Waals surface area contributed by atoms with E-state index in [-0.39, 0.29) is 0 Å². The van der Waals surface area contributed by atoms with E-state index in [0.717, 1.165) is 46.5 Å². The molecule has 0 fully saturated rings. The van der Waals surface area contributed by atoms with Gasteiger partial charge in [-0.25, -0.2) is 0 Å². The zero-order valence-corrected chi connectivity index (χ0v) is 15.3. The SMILES string of the molecule is CCCCCCOc1ccc(/C=N/c2ccc(N)c3ccccc23)cc1. The Hall–Kier alpha value is -2.81. The first-order chi connectivity index (χ1) is 12.8. The molecule has 0 radical (unpaired) electrons. The maximum atomic E-state index is 6.05. The second-order valence-electron chi connectivity index (χ2n) is 6.46. The second kappa shape index (κ2) is 9.04. The summed E-state index contributed by atoms with van der Waals surface area (Å²) in [6.45, 7) is 3.00. The molecule has 0 bridgehead atoms. The molecule has 0 heterocycles. The molecule has 134 valence electrons. The molecule has 0 aliphatic heterocycles. The molecule has 0 aliphatic rings. The van der Waals surface area contributed by atoms with E-state index in [4.69, 9.17) is 10.5 Å². The normalized spacial score (nSPS) is 11.3. The van der Waals surface area contributed by atoms with Gasteiger partial charge in [0.25, 0.3) is 0 Å². The van der Waals surface area contributed by atoms with Gasteiger partial charge in [0.15, 0.2) is 0 Å². The zero-order valence-electron chi connectivity index (χ0n) is 15.3. The fourth-order valence-corrected chi connectivity index (χ4v) is 2.93. The first kappa shape index (κ1) is 18.0. The Bertz CT molecular complexity index is 869. The van der Waals surface area contributed by atoms with Gasteiger partial charge in [0, 0.05) is 22.7 Å². The van der Waals surface area contributed by atoms with Gasteiger partial charge in [-0.3, -0.25) is 4.99 Å². The van der Waals surface area contributed by atoms with Crippen LogP contribution in [0.4, 0.5) is 11.4 Å². The van der Waals surface area contributed by atoms with Crippen molar-refractivity contribution in [3.05, 3.63) is 66.2 Å². The number of nitrogen functional groups attached to an aromatic ring is 1. The van der Waals surface area contributed by atoms with Crippen molar-refractivity contribution in [1.29, 1.82) is 0 Å². The first-order valence-corrected chi connectivity index (χ1v) is 9.32. The molecular formula is C23H26N2O. The smallest absolute Gasteiger partial charge is 0.119 e. The van der Waals surface area contributed by atoms with Gasteiger partial charge in [-0.1, -0.05) is 50.5 Å². The van der Waals surface area contributed by atoms with Gasteiger partial charge in [-0.2, -0.15) is 0 Å². The van der Waals surface area contributed by atoms with Gasteiger partial charge in [0.1, 0.15) is 5.75 Å². The highest BCUT2D eigenvalue weighted by molar-refractivity contribution is 6.01. The van der Waals surface area contributed by atoms with Crippen molar-refractivity contribution in [1.82, 2.24) is 0 Å². The summed E-state index contributed by atoms with van der Waals surface area (Å²) in [6, 6.07) is 20.0. The zero-order chi connectivity index (χ0) is 18.2. The molecule has 0 aromatic heterocycles. The quantitative estimate of drug-likeness (QED) is 0.303. The molecule has 3 aromatic rings. The predicted octanol–water partition coefficient (Wildman–Crippen LogP) is 6.13. The molecule has 0 saturated heterocycles. The highest BCUT2D eigenvalue weighted by atomic mass is 16.5. The lowest BCUT2D eigenvalue weighted by molar-refractivity contribution is 0.305. The number of ether oxygens (including phenoxy) is 1. The number of nitrogens with zero attached hydrogens (tertiary/aromatic N) is 1. The van der Waals surface area contributed by atoms with Crippen LogP contribution >= 0.6 is 0 Å². The topological polar surface area (TPSA) is 47.6 Å². The van der Waals surface area contributed by atoms with E-state index in [1.807, 2.05) is 66.9 Å². The fourth-order valence-electron chi connectivity index (χ4n) is 2.93. The lowest BCUT2D eigenvalue weighted by Gasteiger charge is -2.06. The maximum Gasteiger partial charge on any atom is 0.119 e. The minimum Gasteiger partial charge on any atom is -0.494 e. The Morgan fingerprint density at radius 3 is 2.42 bits per heavy atom. The Balaban J connectivity index is 1.65. The van der Waals surface area contributed by atoms with Crippen molar-refractivity contribution in [2.24, 2.45) is 4.99 Å². The standard InChI is InChI=1S/C23H26N2O/c1-2-3-4-7-16-26-19-12-10-18(11-13-19)17-25-23-15-14-22(24)20-8-5-6-9-21(20)23/h5-6,8-15,17H,2-4,7,16,24H2,1H3/b25-17+. The molecule has 0 unspecified atom stereocenters. The van der Waals surface area contributed by atoms with E-state index < -0.39 is 0 Å². The minimum absolute atomic E-state index is 0.778. The predicted molar refractivity (Wildman–Crippen MR) is 112 cm³/mol. The summed E-state index contributed by atoms with van der Waals surface area (Å²) in [5.74, 6) is 0.914. The van der Waals surface area contributed by atoms with E-state index in [0.29, 0.717) is 0 Å². The summed E-state index contributed by atoms with van der Waals surface area (Å²) in [6.07, 6.45) is 6.75. The van der Waals surface area contributed by atoms with Crippen molar-refractivity contribution in [3.8, 4) is 5.75 Å². The number of rotatable bonds is 8. The summed E-state index contributed by atoms with van der Waals surface area (Å²) in [4.78, 5) is 4.65. The average Bonchev–Trinajstić information content (AvgIpc) is 2.68. The molecule has 0 spiro atoms. The van der Waals surface area contributed by atoms with Crippen LogP contribution in [0, 0.1) is 0 Å². The van der Waals surface area contributed by atoms with Gasteiger partial charge >= 0.3 is 0 Å². The molecule has 3 rings (SSSR count). The first-order valence-electron chi connectivity index (χ1n) is 9.32. The number of unbranched alkanes of at least 4 members (excludes halogenated alkanes) is 3. The van der Waals surface area contributed by atoms with E-state index in [2.05, 4.69) is 11.9 Å². The molecule has 3 heteroatoms. The number of benzene rings is 3. The minimum atomic E-state index is 0.778. The molecule has 3 nitrogen and oxygen atoms in total. The van der Waals surface area contributed by atoms with Crippen molar-refractivity contribution < 1.29 is 4.74 Å². The van der Waals surface area contributed by atoms with Crippen LogP contribution in [0.1, 0.15) is 38.2 Å². The fraction of sp³-hybridized carbons (Fsp3) is 0.261. The van der Waals surface area contributed by atoms with Gasteiger partial charge in [-0.15, -0.1) is 0 Å². The van der Waals surface area contributed by atoms with Gasteiger partial charge in [0.05, 0.1) is 12.3 Å². The second-order valence-corrected chi connectivity index (χ2v) is 6.46. The van der Waals surface area contributed by atoms with Crippen LogP contribution in [0.15, 0.2) is 65.7 Å². The molecule has 2 N–H and O–H groups in total. The van der Waals surface area contributed by atoms with Crippen LogP contribution in [0.25, 0.3) is 10.8 Å². The van der Waals surface area contributed by atoms with Crippen molar-refractivity contribution in [2.45, 2.75) is 32.6 Å². The number of aliphatic imine (C=N–C) groups is 1. The Labute approximate surface area is 155 Å². The summed E-state index contributed by atoms with van der Waals surface area (Å²) in [5, 5.41) is 2.10. The largest absolute Gasteiger partial charge is 0.494 e. The van der Waals surface area contributed by atoms with E-state index in [9.17, 15) is 0 Å². The van der Waals surface area contributed by atoms with E-state index in [1.165, 1.54) is 19.3 Å². The Kier molecular flexibility index (Phi) is 6.26. The number of anilines is 1. The molecule has 0 aliphatic carbocycles. The molecule has 0 saturated carbocycles. The molecular weight excluding hydrogens is 320 g/mol. The third-order valence-electron chi connectivity index (χ3n) is 4.43. The maximum absolute atomic E-state index is 6.05. The molecule has 0 amide bonds. The third kappa shape index (κ3) is 4.63. The highest BCUT2D eigenvalue weighted by Gasteiger charge is 2.02. The third-order valence-corrected chi connectivity index (χ3v) is 4.43. The van der Waals surface area contributed by atoms with Gasteiger partial charge in [0.2, 0.25) is 0 Å². The van der Waals surface area contributed by atoms with E-state index >= 15 is 0 Å². The average molecular weight is 346 g/mol. The molecule has 26 heavy (non-hydrogen) atoms. The van der Waals surface area contributed by atoms with Crippen molar-refractivity contribution >= 4 is 28.4 Å². The van der Waals surface area contributed by atoms with Gasteiger partial charge in [-0.05, 0) is 48.4 Å². The Morgan fingerprint density at radius 1 is 0.885 bits per heavy atom. The van der Waals surface area contributed by atoms with Crippen LogP contribution in [0.2, 0.25) is 0 Å². The molecule has 3 aromatic carbocycles. The van der Waals surface area contributed by atoms with E-state index in [1.54, 1.807) is 0 Å². The number of fused-ring (bicyclic) bond motifs is 1. The summed E-state index contributed by atoms with van der Waals surface area (Å²) >= 11 is 0. The monoisotopic (exact) mass is 346 g/mol. The van der Waals surface area contributed by atoms with Crippen LogP contribution < -0.4 is 10.5 Å². The number of nitrogens with two attached hydrogens (primary N) is 1. The van der Waals surface area contributed by atoms with Crippen LogP contribution in [0.3, 0.4) is 0 Å².